The van der Waals surface area contributed by atoms with E-state index < -0.39 is 5.60 Å². The number of carbonyl (C=O) groups excluding carboxylic acids is 2. The van der Waals surface area contributed by atoms with Crippen LogP contribution in [0, 0.1) is 0 Å². The van der Waals surface area contributed by atoms with Crippen LogP contribution in [0.2, 0.25) is 0 Å². The molecule has 0 radical (unpaired) electrons. The number of amides is 2. The van der Waals surface area contributed by atoms with E-state index in [1.54, 1.807) is 11.1 Å². The summed E-state index contributed by atoms with van der Waals surface area (Å²) < 4.78 is 7.36. The molecule has 172 valence electrons. The van der Waals surface area contributed by atoms with Crippen molar-refractivity contribution in [3.05, 3.63) is 52.8 Å². The fourth-order valence-electron chi connectivity index (χ4n) is 4.49. The predicted octanol–water partition coefficient (Wildman–Crippen LogP) is 4.35. The second-order valence-corrected chi connectivity index (χ2v) is 9.97. The van der Waals surface area contributed by atoms with E-state index in [-0.39, 0.29) is 17.5 Å². The zero-order valence-electron chi connectivity index (χ0n) is 19.9. The second-order valence-electron chi connectivity index (χ2n) is 9.97. The van der Waals surface area contributed by atoms with E-state index in [1.807, 2.05) is 37.4 Å². The molecule has 0 spiro atoms. The normalized spacial score (nSPS) is 17.0. The Morgan fingerprint density at radius 3 is 2.44 bits per heavy atom. The Morgan fingerprint density at radius 2 is 1.84 bits per heavy atom. The summed E-state index contributed by atoms with van der Waals surface area (Å²) in [6.45, 7) is 9.13. The van der Waals surface area contributed by atoms with Crippen molar-refractivity contribution >= 4 is 12.0 Å². The minimum absolute atomic E-state index is 0.0487. The number of rotatable bonds is 5. The first-order valence-corrected chi connectivity index (χ1v) is 11.5. The second kappa shape index (κ2) is 8.26. The van der Waals surface area contributed by atoms with E-state index in [0.29, 0.717) is 25.2 Å². The molecule has 1 aromatic heterocycles. The minimum atomic E-state index is -0.557. The van der Waals surface area contributed by atoms with Crippen LogP contribution in [0.3, 0.4) is 0 Å². The molecule has 1 saturated carbocycles. The third kappa shape index (κ3) is 4.25. The van der Waals surface area contributed by atoms with Crippen molar-refractivity contribution in [1.29, 1.82) is 0 Å². The number of aromatic nitrogens is 2. The summed E-state index contributed by atoms with van der Waals surface area (Å²) in [6.07, 6.45) is 5.38. The first-order chi connectivity index (χ1) is 15.1. The molecule has 0 N–H and O–H groups in total. The number of aryl methyl sites for hydroxylation is 1. The summed E-state index contributed by atoms with van der Waals surface area (Å²) in [4.78, 5) is 29.6. The van der Waals surface area contributed by atoms with E-state index in [1.165, 1.54) is 11.1 Å². The van der Waals surface area contributed by atoms with Crippen LogP contribution in [0.25, 0.3) is 0 Å². The van der Waals surface area contributed by atoms with Gasteiger partial charge >= 0.3 is 6.09 Å². The first kappa shape index (κ1) is 22.4. The zero-order chi connectivity index (χ0) is 23.1. The Balaban J connectivity index is 1.52. The number of benzene rings is 1. The summed E-state index contributed by atoms with van der Waals surface area (Å²) in [5, 5.41) is 4.43. The summed E-state index contributed by atoms with van der Waals surface area (Å²) >= 11 is 0. The van der Waals surface area contributed by atoms with Gasteiger partial charge in [0.25, 0.3) is 5.91 Å². The summed E-state index contributed by atoms with van der Waals surface area (Å²) in [5.41, 5.74) is 3.04. The van der Waals surface area contributed by atoms with Gasteiger partial charge < -0.3 is 14.5 Å². The van der Waals surface area contributed by atoms with E-state index in [0.717, 1.165) is 31.4 Å². The average molecular weight is 439 g/mol. The van der Waals surface area contributed by atoms with Gasteiger partial charge in [-0.2, -0.15) is 5.10 Å². The Morgan fingerprint density at radius 1 is 1.16 bits per heavy atom. The highest BCUT2D eigenvalue weighted by molar-refractivity contribution is 5.96. The molecule has 1 aliphatic heterocycles. The van der Waals surface area contributed by atoms with Crippen molar-refractivity contribution in [3.8, 4) is 0 Å². The molecule has 7 nitrogen and oxygen atoms in total. The lowest BCUT2D eigenvalue weighted by Gasteiger charge is -2.32. The minimum Gasteiger partial charge on any atom is -0.444 e. The molecule has 2 aliphatic rings. The van der Waals surface area contributed by atoms with Crippen molar-refractivity contribution in [3.63, 3.8) is 0 Å². The molecule has 0 saturated heterocycles. The first-order valence-electron chi connectivity index (χ1n) is 11.5. The van der Waals surface area contributed by atoms with Gasteiger partial charge in [-0.05, 0) is 51.2 Å². The highest BCUT2D eigenvalue weighted by Crippen LogP contribution is 2.51. The molecule has 0 unspecified atom stereocenters. The topological polar surface area (TPSA) is 67.7 Å². The third-order valence-corrected chi connectivity index (χ3v) is 6.45. The Hall–Kier alpha value is -2.83. The molecular weight excluding hydrogens is 404 g/mol. The van der Waals surface area contributed by atoms with E-state index in [4.69, 9.17) is 4.74 Å². The van der Waals surface area contributed by atoms with E-state index >= 15 is 0 Å². The van der Waals surface area contributed by atoms with Crippen molar-refractivity contribution < 1.29 is 14.3 Å². The van der Waals surface area contributed by atoms with Gasteiger partial charge in [0, 0.05) is 13.6 Å². The van der Waals surface area contributed by atoms with Gasteiger partial charge in [-0.15, -0.1) is 0 Å². The number of hydrogen-bond acceptors (Lipinski definition) is 4. The molecule has 1 fully saturated rings. The van der Waals surface area contributed by atoms with Crippen LogP contribution in [0.1, 0.15) is 74.1 Å². The number of carbonyl (C=O) groups is 2. The van der Waals surface area contributed by atoms with Crippen molar-refractivity contribution in [2.75, 3.05) is 13.6 Å². The van der Waals surface area contributed by atoms with Crippen LogP contribution >= 0.6 is 0 Å². The molecule has 0 bridgehead atoms. The zero-order valence-corrected chi connectivity index (χ0v) is 19.9. The molecule has 0 atom stereocenters. The molecule has 1 aliphatic carbocycles. The quantitative estimate of drug-likeness (QED) is 0.696. The van der Waals surface area contributed by atoms with E-state index in [2.05, 4.69) is 36.3 Å². The Kier molecular flexibility index (Phi) is 5.77. The number of nitrogens with zero attached hydrogens (tertiary/aromatic N) is 4. The highest BCUT2D eigenvalue weighted by atomic mass is 16.6. The predicted molar refractivity (Wildman–Crippen MR) is 122 cm³/mol. The summed E-state index contributed by atoms with van der Waals surface area (Å²) in [7, 11) is 1.88. The average Bonchev–Trinajstić information content (AvgIpc) is 3.45. The molecule has 32 heavy (non-hydrogen) atoms. The van der Waals surface area contributed by atoms with Gasteiger partial charge in [0.2, 0.25) is 0 Å². The lowest BCUT2D eigenvalue weighted by Crippen LogP contribution is -2.43. The third-order valence-electron chi connectivity index (χ3n) is 6.45. The van der Waals surface area contributed by atoms with Crippen LogP contribution in [-0.4, -0.2) is 50.8 Å². The smallest absolute Gasteiger partial charge is 0.410 e. The fraction of sp³-hybridized carbons (Fsp3) is 0.560. The Labute approximate surface area is 190 Å². The van der Waals surface area contributed by atoms with Crippen LogP contribution < -0.4 is 0 Å². The maximum absolute atomic E-state index is 13.6. The van der Waals surface area contributed by atoms with Crippen LogP contribution in [0.4, 0.5) is 4.79 Å². The van der Waals surface area contributed by atoms with Crippen molar-refractivity contribution in [1.82, 2.24) is 19.6 Å². The monoisotopic (exact) mass is 438 g/mol. The van der Waals surface area contributed by atoms with Crippen LogP contribution in [0.5, 0.6) is 0 Å². The molecule has 2 heterocycles. The van der Waals surface area contributed by atoms with Crippen molar-refractivity contribution in [2.24, 2.45) is 0 Å². The SMILES string of the molecule is CCCc1ccc(C2(N(C)C(=O)c3cnn4c3CN(C(=O)OC(C)(C)C)CC4)CC2)cc1. The standard InChI is InChI=1S/C25H34N4O3/c1-6-7-18-8-10-19(11-9-18)25(12-13-25)27(5)22(30)20-16-26-29-15-14-28(17-21(20)29)23(31)32-24(2,3)4/h8-11,16H,6-7,12-15,17H2,1-5H3. The van der Waals surface area contributed by atoms with Crippen LogP contribution in [0.15, 0.2) is 30.5 Å². The van der Waals surface area contributed by atoms with Gasteiger partial charge in [-0.25, -0.2) is 4.79 Å². The largest absolute Gasteiger partial charge is 0.444 e. The van der Waals surface area contributed by atoms with Gasteiger partial charge in [0.1, 0.15) is 5.60 Å². The number of fused-ring (bicyclic) bond motifs is 1. The summed E-state index contributed by atoms with van der Waals surface area (Å²) in [5.74, 6) is -0.0487. The maximum Gasteiger partial charge on any atom is 0.410 e. The van der Waals surface area contributed by atoms with Crippen LogP contribution in [-0.2, 0) is 29.8 Å². The molecule has 2 amide bonds. The van der Waals surface area contributed by atoms with Gasteiger partial charge in [0.05, 0.1) is 36.1 Å². The Bertz CT molecular complexity index is 999. The van der Waals surface area contributed by atoms with Gasteiger partial charge in [-0.3, -0.25) is 9.48 Å². The summed E-state index contributed by atoms with van der Waals surface area (Å²) in [6, 6.07) is 8.69. The fourth-order valence-corrected chi connectivity index (χ4v) is 4.49. The highest BCUT2D eigenvalue weighted by Gasteiger charge is 2.50. The lowest BCUT2D eigenvalue weighted by molar-refractivity contribution is 0.0192. The van der Waals surface area contributed by atoms with Crippen molar-refractivity contribution in [2.45, 2.75) is 77.6 Å². The molecule has 7 heteroatoms. The number of ether oxygens (including phenoxy) is 1. The molecule has 2 aromatic rings. The van der Waals surface area contributed by atoms with E-state index in [9.17, 15) is 9.59 Å². The van der Waals surface area contributed by atoms with Gasteiger partial charge in [0.15, 0.2) is 0 Å². The van der Waals surface area contributed by atoms with Gasteiger partial charge in [-0.1, -0.05) is 37.6 Å². The lowest BCUT2D eigenvalue weighted by atomic mass is 9.99. The molecule has 4 rings (SSSR count). The maximum atomic E-state index is 13.6. The molecular formula is C25H34N4O3. The molecule has 1 aromatic carbocycles. The number of hydrogen-bond donors (Lipinski definition) is 0.